The molecule has 0 aliphatic heterocycles. The van der Waals surface area contributed by atoms with Gasteiger partial charge in [-0.1, -0.05) is 19.4 Å². The fourth-order valence-electron chi connectivity index (χ4n) is 1.68. The van der Waals surface area contributed by atoms with Crippen molar-refractivity contribution in [2.45, 2.75) is 19.8 Å². The first kappa shape index (κ1) is 9.67. The lowest BCUT2D eigenvalue weighted by Crippen LogP contribution is -1.87. The third kappa shape index (κ3) is 1.97. The summed E-state index contributed by atoms with van der Waals surface area (Å²) >= 11 is 0. The average molecular weight is 196 g/mol. The first-order valence-corrected chi connectivity index (χ1v) is 5.13. The van der Waals surface area contributed by atoms with E-state index in [-0.39, 0.29) is 0 Å². The smallest absolute Gasteiger partial charge is 0.141 e. The lowest BCUT2D eigenvalue weighted by atomic mass is 10.1. The van der Waals surface area contributed by atoms with Crippen LogP contribution in [-0.4, -0.2) is 4.98 Å². The highest BCUT2D eigenvalue weighted by atomic mass is 14.7. The van der Waals surface area contributed by atoms with Gasteiger partial charge in [0.15, 0.2) is 0 Å². The number of pyridine rings is 1. The monoisotopic (exact) mass is 196 g/mol. The summed E-state index contributed by atoms with van der Waals surface area (Å²) in [5.41, 5.74) is 2.70. The molecule has 2 rings (SSSR count). The molecule has 74 valence electrons. The fraction of sp³-hybridized carbons (Fsp3) is 0.231. The van der Waals surface area contributed by atoms with E-state index in [2.05, 4.69) is 24.0 Å². The zero-order valence-corrected chi connectivity index (χ0v) is 8.70. The Hall–Kier alpha value is -1.88. The molecule has 1 aromatic carbocycles. The van der Waals surface area contributed by atoms with Crippen molar-refractivity contribution in [1.82, 2.24) is 4.98 Å². The van der Waals surface area contributed by atoms with E-state index in [4.69, 9.17) is 5.26 Å². The predicted molar refractivity (Wildman–Crippen MR) is 60.5 cm³/mol. The lowest BCUT2D eigenvalue weighted by Gasteiger charge is -2.01. The summed E-state index contributed by atoms with van der Waals surface area (Å²) in [5.74, 6) is 0. The number of rotatable bonds is 2. The van der Waals surface area contributed by atoms with Gasteiger partial charge in [0, 0.05) is 5.39 Å². The lowest BCUT2D eigenvalue weighted by molar-refractivity contribution is 0.923. The summed E-state index contributed by atoms with van der Waals surface area (Å²) in [4.78, 5) is 4.23. The van der Waals surface area contributed by atoms with Crippen molar-refractivity contribution in [2.24, 2.45) is 0 Å². The quantitative estimate of drug-likeness (QED) is 0.740. The van der Waals surface area contributed by atoms with Gasteiger partial charge in [0.1, 0.15) is 11.8 Å². The van der Waals surface area contributed by atoms with Crippen molar-refractivity contribution in [3.8, 4) is 6.07 Å². The number of hydrogen-bond acceptors (Lipinski definition) is 2. The highest BCUT2D eigenvalue weighted by molar-refractivity contribution is 5.79. The minimum absolute atomic E-state index is 0.478. The van der Waals surface area contributed by atoms with Crippen LogP contribution in [0.5, 0.6) is 0 Å². The average Bonchev–Trinajstić information content (AvgIpc) is 2.29. The van der Waals surface area contributed by atoms with Gasteiger partial charge < -0.3 is 0 Å². The van der Waals surface area contributed by atoms with Crippen molar-refractivity contribution in [2.75, 3.05) is 0 Å². The first-order chi connectivity index (χ1) is 7.33. The highest BCUT2D eigenvalue weighted by Crippen LogP contribution is 2.15. The van der Waals surface area contributed by atoms with Crippen LogP contribution in [0.25, 0.3) is 10.9 Å². The van der Waals surface area contributed by atoms with Crippen LogP contribution < -0.4 is 0 Å². The van der Waals surface area contributed by atoms with E-state index < -0.39 is 0 Å². The third-order valence-corrected chi connectivity index (χ3v) is 2.41. The molecule has 0 aliphatic rings. The Morgan fingerprint density at radius 2 is 2.13 bits per heavy atom. The Morgan fingerprint density at radius 3 is 2.87 bits per heavy atom. The standard InChI is InChI=1S/C13H12N2/c1-2-3-10-4-7-13-11(8-10)5-6-12(9-14)15-13/h4-8H,2-3H2,1H3. The Balaban J connectivity index is 2.51. The van der Waals surface area contributed by atoms with Gasteiger partial charge in [0.2, 0.25) is 0 Å². The Labute approximate surface area is 89.2 Å². The Morgan fingerprint density at radius 1 is 1.27 bits per heavy atom. The summed E-state index contributed by atoms with van der Waals surface area (Å²) < 4.78 is 0. The molecule has 0 unspecified atom stereocenters. The van der Waals surface area contributed by atoms with Gasteiger partial charge in [-0.15, -0.1) is 0 Å². The first-order valence-electron chi connectivity index (χ1n) is 5.13. The summed E-state index contributed by atoms with van der Waals surface area (Å²) in [5, 5.41) is 9.83. The molecule has 2 heteroatoms. The molecule has 0 spiro atoms. The van der Waals surface area contributed by atoms with E-state index in [9.17, 15) is 0 Å². The molecule has 0 radical (unpaired) electrons. The van der Waals surface area contributed by atoms with Gasteiger partial charge in [-0.05, 0) is 36.2 Å². The van der Waals surface area contributed by atoms with Crippen molar-refractivity contribution in [3.05, 3.63) is 41.6 Å². The third-order valence-electron chi connectivity index (χ3n) is 2.41. The number of benzene rings is 1. The fourth-order valence-corrected chi connectivity index (χ4v) is 1.68. The van der Waals surface area contributed by atoms with Crippen LogP contribution in [0.4, 0.5) is 0 Å². The van der Waals surface area contributed by atoms with Gasteiger partial charge >= 0.3 is 0 Å². The highest BCUT2D eigenvalue weighted by Gasteiger charge is 1.98. The summed E-state index contributed by atoms with van der Waals surface area (Å²) in [7, 11) is 0. The molecule has 2 nitrogen and oxygen atoms in total. The molecule has 0 fully saturated rings. The van der Waals surface area contributed by atoms with Gasteiger partial charge in [0.25, 0.3) is 0 Å². The number of aromatic nitrogens is 1. The van der Waals surface area contributed by atoms with Gasteiger partial charge in [0.05, 0.1) is 5.52 Å². The largest absolute Gasteiger partial charge is 0.237 e. The van der Waals surface area contributed by atoms with Crippen LogP contribution in [0.15, 0.2) is 30.3 Å². The SMILES string of the molecule is CCCc1ccc2nc(C#N)ccc2c1. The topological polar surface area (TPSA) is 36.7 Å². The van der Waals surface area contributed by atoms with Crippen LogP contribution in [0.3, 0.4) is 0 Å². The van der Waals surface area contributed by atoms with E-state index in [1.165, 1.54) is 5.56 Å². The Kier molecular flexibility index (Phi) is 2.64. The van der Waals surface area contributed by atoms with Crippen LogP contribution in [0.1, 0.15) is 24.6 Å². The van der Waals surface area contributed by atoms with Crippen molar-refractivity contribution >= 4 is 10.9 Å². The summed E-state index contributed by atoms with van der Waals surface area (Å²) in [6.07, 6.45) is 2.24. The number of aryl methyl sites for hydroxylation is 1. The molecular weight excluding hydrogens is 184 g/mol. The number of nitriles is 1. The van der Waals surface area contributed by atoms with Gasteiger partial charge in [-0.25, -0.2) is 4.98 Å². The zero-order chi connectivity index (χ0) is 10.7. The molecule has 1 heterocycles. The van der Waals surface area contributed by atoms with Crippen molar-refractivity contribution in [3.63, 3.8) is 0 Å². The molecule has 0 aliphatic carbocycles. The van der Waals surface area contributed by atoms with Gasteiger partial charge in [-0.2, -0.15) is 5.26 Å². The van der Waals surface area contributed by atoms with E-state index >= 15 is 0 Å². The zero-order valence-electron chi connectivity index (χ0n) is 8.70. The van der Waals surface area contributed by atoms with Crippen LogP contribution in [0, 0.1) is 11.3 Å². The second kappa shape index (κ2) is 4.10. The van der Waals surface area contributed by atoms with E-state index in [0.717, 1.165) is 23.7 Å². The van der Waals surface area contributed by atoms with Gasteiger partial charge in [-0.3, -0.25) is 0 Å². The minimum Gasteiger partial charge on any atom is -0.237 e. The van der Waals surface area contributed by atoms with Crippen LogP contribution in [-0.2, 0) is 6.42 Å². The molecular formula is C13H12N2. The second-order valence-electron chi connectivity index (χ2n) is 3.59. The predicted octanol–water partition coefficient (Wildman–Crippen LogP) is 3.06. The molecule has 0 amide bonds. The molecule has 15 heavy (non-hydrogen) atoms. The summed E-state index contributed by atoms with van der Waals surface area (Å²) in [6.45, 7) is 2.17. The minimum atomic E-state index is 0.478. The molecule has 0 saturated heterocycles. The van der Waals surface area contributed by atoms with E-state index in [1.807, 2.05) is 18.2 Å². The molecule has 0 N–H and O–H groups in total. The number of nitrogens with zero attached hydrogens (tertiary/aromatic N) is 2. The maximum Gasteiger partial charge on any atom is 0.141 e. The molecule has 0 bridgehead atoms. The van der Waals surface area contributed by atoms with E-state index in [1.54, 1.807) is 6.07 Å². The molecule has 2 aromatic rings. The van der Waals surface area contributed by atoms with Crippen LogP contribution in [0.2, 0.25) is 0 Å². The molecule has 0 saturated carbocycles. The maximum atomic E-state index is 8.72. The van der Waals surface area contributed by atoms with E-state index in [0.29, 0.717) is 5.69 Å². The molecule has 1 aromatic heterocycles. The maximum absolute atomic E-state index is 8.72. The Bertz CT molecular complexity index is 524. The summed E-state index contributed by atoms with van der Waals surface area (Å²) in [6, 6.07) is 12.0. The molecule has 0 atom stereocenters. The number of fused-ring (bicyclic) bond motifs is 1. The normalized spacial score (nSPS) is 10.1. The number of hydrogen-bond donors (Lipinski definition) is 0. The van der Waals surface area contributed by atoms with Crippen LogP contribution >= 0.6 is 0 Å². The van der Waals surface area contributed by atoms with Crippen molar-refractivity contribution < 1.29 is 0 Å². The van der Waals surface area contributed by atoms with Crippen molar-refractivity contribution in [1.29, 1.82) is 5.26 Å². The second-order valence-corrected chi connectivity index (χ2v) is 3.59.